The van der Waals surface area contributed by atoms with Gasteiger partial charge < -0.3 is 4.74 Å². The molecule has 0 radical (unpaired) electrons. The maximum absolute atomic E-state index is 13.8. The molecular formula is C12H15ClFNO3S. The van der Waals surface area contributed by atoms with Crippen LogP contribution in [0.4, 0.5) is 4.39 Å². The summed E-state index contributed by atoms with van der Waals surface area (Å²) in [6.45, 7) is 4.01. The molecule has 7 heteroatoms. The van der Waals surface area contributed by atoms with Crippen LogP contribution in [0.15, 0.2) is 23.1 Å². The standard InChI is InChI=1S/C12H15ClFNO3S/c1-8-6-15(7-9(2)18-8)19(16,17)12-4-3-10(13)5-11(12)14/h3-5,8-9H,6-7H2,1-2H3/t8-,9-/m1/s1. The Labute approximate surface area is 117 Å². The highest BCUT2D eigenvalue weighted by Gasteiger charge is 2.33. The first-order valence-corrected chi connectivity index (χ1v) is 7.73. The Morgan fingerprint density at radius 1 is 1.32 bits per heavy atom. The minimum atomic E-state index is -3.86. The van der Waals surface area contributed by atoms with Crippen molar-refractivity contribution in [1.82, 2.24) is 4.31 Å². The van der Waals surface area contributed by atoms with Gasteiger partial charge in [-0.2, -0.15) is 4.31 Å². The summed E-state index contributed by atoms with van der Waals surface area (Å²) >= 11 is 5.63. The normalized spacial score (nSPS) is 25.5. The molecule has 1 aromatic rings. The molecule has 0 unspecified atom stereocenters. The van der Waals surface area contributed by atoms with Gasteiger partial charge in [0.25, 0.3) is 0 Å². The molecule has 4 nitrogen and oxygen atoms in total. The van der Waals surface area contributed by atoms with Crippen LogP contribution >= 0.6 is 11.6 Å². The van der Waals surface area contributed by atoms with Crippen molar-refractivity contribution in [2.45, 2.75) is 31.0 Å². The highest BCUT2D eigenvalue weighted by molar-refractivity contribution is 7.89. The summed E-state index contributed by atoms with van der Waals surface area (Å²) in [6, 6.07) is 3.56. The van der Waals surface area contributed by atoms with Crippen molar-refractivity contribution in [2.75, 3.05) is 13.1 Å². The van der Waals surface area contributed by atoms with E-state index in [1.165, 1.54) is 16.4 Å². The summed E-state index contributed by atoms with van der Waals surface area (Å²) in [5.41, 5.74) is 0. The van der Waals surface area contributed by atoms with Crippen molar-refractivity contribution >= 4 is 21.6 Å². The third-order valence-electron chi connectivity index (χ3n) is 2.90. The Hall–Kier alpha value is -0.690. The van der Waals surface area contributed by atoms with Crippen molar-refractivity contribution < 1.29 is 17.5 Å². The van der Waals surface area contributed by atoms with Gasteiger partial charge in [0.1, 0.15) is 10.7 Å². The van der Waals surface area contributed by atoms with Crippen molar-refractivity contribution in [1.29, 1.82) is 0 Å². The molecular weight excluding hydrogens is 293 g/mol. The van der Waals surface area contributed by atoms with Crippen LogP contribution in [0.25, 0.3) is 0 Å². The van der Waals surface area contributed by atoms with Crippen molar-refractivity contribution in [2.24, 2.45) is 0 Å². The van der Waals surface area contributed by atoms with Gasteiger partial charge in [-0.15, -0.1) is 0 Å². The second-order valence-electron chi connectivity index (χ2n) is 4.65. The van der Waals surface area contributed by atoms with Crippen molar-refractivity contribution in [3.05, 3.63) is 29.0 Å². The van der Waals surface area contributed by atoms with Crippen molar-refractivity contribution in [3.8, 4) is 0 Å². The van der Waals surface area contributed by atoms with Gasteiger partial charge in [0.05, 0.1) is 12.2 Å². The molecule has 2 atom stereocenters. The predicted octanol–water partition coefficient (Wildman–Crippen LogP) is 2.28. The first-order chi connectivity index (χ1) is 8.80. The number of nitrogens with zero attached hydrogens (tertiary/aromatic N) is 1. The van der Waals surface area contributed by atoms with Gasteiger partial charge in [-0.3, -0.25) is 0 Å². The molecule has 1 aliphatic rings. The number of ether oxygens (including phenoxy) is 1. The van der Waals surface area contributed by atoms with E-state index in [9.17, 15) is 12.8 Å². The molecule has 2 rings (SSSR count). The van der Waals surface area contributed by atoms with E-state index in [4.69, 9.17) is 16.3 Å². The summed E-state index contributed by atoms with van der Waals surface area (Å²) in [4.78, 5) is -0.349. The molecule has 0 spiro atoms. The molecule has 1 heterocycles. The zero-order valence-electron chi connectivity index (χ0n) is 10.6. The van der Waals surface area contributed by atoms with Crippen LogP contribution in [0.3, 0.4) is 0 Å². The lowest BCUT2D eigenvalue weighted by Gasteiger charge is -2.34. The molecule has 1 saturated heterocycles. The lowest BCUT2D eigenvalue weighted by molar-refractivity contribution is -0.0441. The Morgan fingerprint density at radius 3 is 2.42 bits per heavy atom. The minimum absolute atomic E-state index is 0.167. The van der Waals surface area contributed by atoms with E-state index in [2.05, 4.69) is 0 Å². The van der Waals surface area contributed by atoms with Crippen LogP contribution in [0.2, 0.25) is 5.02 Å². The highest BCUT2D eigenvalue weighted by Crippen LogP contribution is 2.25. The van der Waals surface area contributed by atoms with Gasteiger partial charge in [0, 0.05) is 18.1 Å². The van der Waals surface area contributed by atoms with E-state index in [1.807, 2.05) is 0 Å². The first-order valence-electron chi connectivity index (χ1n) is 5.91. The quantitative estimate of drug-likeness (QED) is 0.842. The summed E-state index contributed by atoms with van der Waals surface area (Å²) in [6.07, 6.45) is -0.428. The Balaban J connectivity index is 2.36. The molecule has 19 heavy (non-hydrogen) atoms. The zero-order valence-corrected chi connectivity index (χ0v) is 12.2. The van der Waals surface area contributed by atoms with E-state index in [0.29, 0.717) is 0 Å². The molecule has 0 saturated carbocycles. The molecule has 0 aliphatic carbocycles. The van der Waals surface area contributed by atoms with Gasteiger partial charge in [-0.25, -0.2) is 12.8 Å². The third-order valence-corrected chi connectivity index (χ3v) is 5.00. The molecule has 106 valence electrons. The zero-order chi connectivity index (χ0) is 14.2. The summed E-state index contributed by atoms with van der Waals surface area (Å²) in [5.74, 6) is -0.834. The second kappa shape index (κ2) is 5.36. The van der Waals surface area contributed by atoms with Crippen molar-refractivity contribution in [3.63, 3.8) is 0 Å². The number of hydrogen-bond acceptors (Lipinski definition) is 3. The number of sulfonamides is 1. The fourth-order valence-electron chi connectivity index (χ4n) is 2.15. The van der Waals surface area contributed by atoms with Gasteiger partial charge in [-0.1, -0.05) is 11.6 Å². The fourth-order valence-corrected chi connectivity index (χ4v) is 3.95. The highest BCUT2D eigenvalue weighted by atomic mass is 35.5. The number of benzene rings is 1. The molecule has 0 bridgehead atoms. The summed E-state index contributed by atoms with van der Waals surface area (Å²) < 4.78 is 45.3. The van der Waals surface area contributed by atoms with E-state index in [-0.39, 0.29) is 35.2 Å². The van der Waals surface area contributed by atoms with Crippen LogP contribution in [0.1, 0.15) is 13.8 Å². The molecule has 0 amide bonds. The fraction of sp³-hybridized carbons (Fsp3) is 0.500. The molecule has 1 fully saturated rings. The van der Waals surface area contributed by atoms with E-state index >= 15 is 0 Å². The average molecular weight is 308 g/mol. The van der Waals surface area contributed by atoms with Crippen LogP contribution in [0, 0.1) is 5.82 Å². The largest absolute Gasteiger partial charge is 0.373 e. The number of rotatable bonds is 2. The Kier molecular flexibility index (Phi) is 4.15. The molecule has 1 aromatic carbocycles. The summed E-state index contributed by atoms with van der Waals surface area (Å²) in [7, 11) is -3.86. The van der Waals surface area contributed by atoms with Crippen LogP contribution in [0.5, 0.6) is 0 Å². The lowest BCUT2D eigenvalue weighted by atomic mass is 10.3. The molecule has 0 aromatic heterocycles. The SMILES string of the molecule is C[C@@H]1CN(S(=O)(=O)c2ccc(Cl)cc2F)C[C@@H](C)O1. The molecule has 0 N–H and O–H groups in total. The average Bonchev–Trinajstić information content (AvgIpc) is 2.26. The van der Waals surface area contributed by atoms with Crippen LogP contribution < -0.4 is 0 Å². The Bertz CT molecular complexity index is 568. The maximum Gasteiger partial charge on any atom is 0.246 e. The number of halogens is 2. The first kappa shape index (κ1) is 14.7. The lowest BCUT2D eigenvalue weighted by Crippen LogP contribution is -2.48. The van der Waals surface area contributed by atoms with Crippen LogP contribution in [-0.2, 0) is 14.8 Å². The topological polar surface area (TPSA) is 46.6 Å². The van der Waals surface area contributed by atoms with E-state index in [0.717, 1.165) is 6.07 Å². The third kappa shape index (κ3) is 3.08. The second-order valence-corrected chi connectivity index (χ2v) is 7.00. The monoisotopic (exact) mass is 307 g/mol. The summed E-state index contributed by atoms with van der Waals surface area (Å²) in [5, 5.41) is 0.167. The van der Waals surface area contributed by atoms with Gasteiger partial charge in [0.15, 0.2) is 0 Å². The van der Waals surface area contributed by atoms with Gasteiger partial charge in [0.2, 0.25) is 10.0 Å². The van der Waals surface area contributed by atoms with Gasteiger partial charge in [-0.05, 0) is 32.0 Å². The van der Waals surface area contributed by atoms with E-state index < -0.39 is 15.8 Å². The number of morpholine rings is 1. The smallest absolute Gasteiger partial charge is 0.246 e. The predicted molar refractivity (Wildman–Crippen MR) is 70.2 cm³/mol. The minimum Gasteiger partial charge on any atom is -0.373 e. The number of hydrogen-bond donors (Lipinski definition) is 0. The molecule has 1 aliphatic heterocycles. The van der Waals surface area contributed by atoms with Gasteiger partial charge >= 0.3 is 0 Å². The van der Waals surface area contributed by atoms with Crippen LogP contribution in [-0.4, -0.2) is 38.0 Å². The maximum atomic E-state index is 13.8. The Morgan fingerprint density at radius 2 is 1.89 bits per heavy atom. The van der Waals surface area contributed by atoms with E-state index in [1.54, 1.807) is 13.8 Å².